The molecule has 36 heavy (non-hydrogen) atoms. The summed E-state index contributed by atoms with van der Waals surface area (Å²) in [7, 11) is 1.77. The monoisotopic (exact) mass is 506 g/mol. The zero-order valence-corrected chi connectivity index (χ0v) is 19.4. The summed E-state index contributed by atoms with van der Waals surface area (Å²) in [6.45, 7) is -0.325. The molecule has 0 unspecified atom stereocenters. The Morgan fingerprint density at radius 2 is 2.00 bits per heavy atom. The molecular formula is C23H16ClFN8O3. The Hall–Kier alpha value is -4.76. The number of nitrogens with one attached hydrogen (secondary N) is 1. The Morgan fingerprint density at radius 3 is 2.72 bits per heavy atom. The second-order valence-electron chi connectivity index (χ2n) is 7.91. The van der Waals surface area contributed by atoms with Crippen molar-refractivity contribution in [2.45, 2.75) is 13.1 Å². The van der Waals surface area contributed by atoms with Gasteiger partial charge in [0.25, 0.3) is 0 Å². The van der Waals surface area contributed by atoms with Crippen molar-refractivity contribution >= 4 is 34.1 Å². The third kappa shape index (κ3) is 4.35. The molecule has 0 aliphatic rings. The first-order valence-corrected chi connectivity index (χ1v) is 10.9. The van der Waals surface area contributed by atoms with Crippen LogP contribution in [0.5, 0.6) is 0 Å². The van der Waals surface area contributed by atoms with Crippen LogP contribution in [0.15, 0.2) is 63.0 Å². The van der Waals surface area contributed by atoms with Crippen LogP contribution in [0.25, 0.3) is 10.9 Å². The van der Waals surface area contributed by atoms with Gasteiger partial charge in [0.05, 0.1) is 34.9 Å². The molecule has 1 N–H and O–H groups in total. The highest BCUT2D eigenvalue weighted by atomic mass is 35.5. The fraction of sp³-hybridized carbons (Fsp3) is 0.130. The molecule has 0 radical (unpaired) electrons. The fourth-order valence-electron chi connectivity index (χ4n) is 3.70. The summed E-state index contributed by atoms with van der Waals surface area (Å²) in [5.74, 6) is -0.831. The van der Waals surface area contributed by atoms with E-state index in [1.165, 1.54) is 29.0 Å². The minimum atomic E-state index is -0.827. The van der Waals surface area contributed by atoms with Gasteiger partial charge in [-0.2, -0.15) is 15.3 Å². The van der Waals surface area contributed by atoms with E-state index in [2.05, 4.69) is 20.6 Å². The third-order valence-electron chi connectivity index (χ3n) is 5.41. The minimum absolute atomic E-state index is 0.101. The second-order valence-corrected chi connectivity index (χ2v) is 8.32. The maximum Gasteiger partial charge on any atom is 0.355 e. The van der Waals surface area contributed by atoms with Crippen LogP contribution in [0.4, 0.5) is 16.0 Å². The first-order valence-electron chi connectivity index (χ1n) is 10.5. The predicted molar refractivity (Wildman–Crippen MR) is 128 cm³/mol. The van der Waals surface area contributed by atoms with Gasteiger partial charge in [0.2, 0.25) is 5.95 Å². The Kier molecular flexibility index (Phi) is 5.83. The maximum atomic E-state index is 14.3. The number of hydrogen-bond donors (Lipinski definition) is 1. The molecule has 5 rings (SSSR count). The van der Waals surface area contributed by atoms with Crippen LogP contribution in [-0.4, -0.2) is 29.1 Å². The molecule has 0 spiro atoms. The molecule has 0 bridgehead atoms. The van der Waals surface area contributed by atoms with E-state index in [0.717, 1.165) is 16.0 Å². The van der Waals surface area contributed by atoms with Crippen LogP contribution in [-0.2, 0) is 20.1 Å². The molecular weight excluding hydrogens is 491 g/mol. The number of halogens is 2. The maximum absolute atomic E-state index is 14.3. The molecule has 5 aromatic rings. The molecule has 0 fully saturated rings. The molecule has 0 saturated carbocycles. The van der Waals surface area contributed by atoms with Crippen molar-refractivity contribution in [1.82, 2.24) is 29.1 Å². The minimum Gasteiger partial charge on any atom is -0.364 e. The SMILES string of the molecule is Cn1cc2cc(Nc3nc(=O)n(Cc4ccon4)c(=O)n3Cc3ccc(C#N)c(F)c3)c(Cl)cc2n1. The summed E-state index contributed by atoms with van der Waals surface area (Å²) in [6.07, 6.45) is 3.10. The first-order chi connectivity index (χ1) is 17.3. The lowest BCUT2D eigenvalue weighted by molar-refractivity contribution is 0.407. The van der Waals surface area contributed by atoms with Gasteiger partial charge in [0.1, 0.15) is 23.8 Å². The van der Waals surface area contributed by atoms with Crippen LogP contribution in [0.1, 0.15) is 16.8 Å². The predicted octanol–water partition coefficient (Wildman–Crippen LogP) is 2.78. The molecule has 0 saturated heterocycles. The van der Waals surface area contributed by atoms with E-state index in [1.807, 2.05) is 0 Å². The molecule has 0 atom stereocenters. The number of benzene rings is 2. The number of aromatic nitrogens is 6. The average molecular weight is 507 g/mol. The number of hydrogen-bond acceptors (Lipinski definition) is 8. The van der Waals surface area contributed by atoms with E-state index >= 15 is 0 Å². The summed E-state index contributed by atoms with van der Waals surface area (Å²) < 4.78 is 22.7. The largest absolute Gasteiger partial charge is 0.364 e. The van der Waals surface area contributed by atoms with Crippen molar-refractivity contribution in [3.05, 3.63) is 97.5 Å². The van der Waals surface area contributed by atoms with Gasteiger partial charge < -0.3 is 9.84 Å². The Morgan fingerprint density at radius 1 is 1.17 bits per heavy atom. The molecule has 0 aliphatic carbocycles. The summed E-state index contributed by atoms with van der Waals surface area (Å²) >= 11 is 6.43. The number of anilines is 2. The fourth-order valence-corrected chi connectivity index (χ4v) is 3.90. The lowest BCUT2D eigenvalue weighted by Crippen LogP contribution is -2.43. The van der Waals surface area contributed by atoms with Gasteiger partial charge in [-0.15, -0.1) is 0 Å². The molecule has 0 aliphatic heterocycles. The molecule has 0 amide bonds. The van der Waals surface area contributed by atoms with E-state index < -0.39 is 17.2 Å². The van der Waals surface area contributed by atoms with Crippen molar-refractivity contribution < 1.29 is 8.91 Å². The zero-order valence-electron chi connectivity index (χ0n) is 18.6. The molecule has 2 aromatic carbocycles. The van der Waals surface area contributed by atoms with Crippen LogP contribution >= 0.6 is 11.6 Å². The number of fused-ring (bicyclic) bond motifs is 1. The average Bonchev–Trinajstić information content (AvgIpc) is 3.48. The number of rotatable bonds is 6. The van der Waals surface area contributed by atoms with Crippen molar-refractivity contribution in [1.29, 1.82) is 5.26 Å². The lowest BCUT2D eigenvalue weighted by Gasteiger charge is -2.16. The zero-order chi connectivity index (χ0) is 25.4. The summed E-state index contributed by atoms with van der Waals surface area (Å²) in [6, 6.07) is 10.6. The van der Waals surface area contributed by atoms with Crippen LogP contribution in [0, 0.1) is 17.1 Å². The van der Waals surface area contributed by atoms with Crippen molar-refractivity contribution in [3.63, 3.8) is 0 Å². The van der Waals surface area contributed by atoms with Gasteiger partial charge in [-0.05, 0) is 29.8 Å². The van der Waals surface area contributed by atoms with Crippen molar-refractivity contribution in [3.8, 4) is 6.07 Å². The van der Waals surface area contributed by atoms with Crippen LogP contribution in [0.2, 0.25) is 5.02 Å². The van der Waals surface area contributed by atoms with Crippen LogP contribution < -0.4 is 16.7 Å². The van der Waals surface area contributed by atoms with Crippen molar-refractivity contribution in [2.75, 3.05) is 5.32 Å². The summed E-state index contributed by atoms with van der Waals surface area (Å²) in [5, 5.41) is 21.1. The van der Waals surface area contributed by atoms with Crippen LogP contribution in [0.3, 0.4) is 0 Å². The van der Waals surface area contributed by atoms with Gasteiger partial charge in [-0.3, -0.25) is 9.25 Å². The Balaban J connectivity index is 1.62. The van der Waals surface area contributed by atoms with E-state index in [4.69, 9.17) is 21.4 Å². The van der Waals surface area contributed by atoms with Crippen molar-refractivity contribution in [2.24, 2.45) is 7.05 Å². The molecule has 3 aromatic heterocycles. The van der Waals surface area contributed by atoms with E-state index in [1.54, 1.807) is 36.1 Å². The van der Waals surface area contributed by atoms with Gasteiger partial charge in [0, 0.05) is 24.7 Å². The second kappa shape index (κ2) is 9.12. The van der Waals surface area contributed by atoms with Gasteiger partial charge in [-0.1, -0.05) is 22.8 Å². The highest BCUT2D eigenvalue weighted by Crippen LogP contribution is 2.29. The first kappa shape index (κ1) is 23.0. The quantitative estimate of drug-likeness (QED) is 0.371. The highest BCUT2D eigenvalue weighted by Gasteiger charge is 2.17. The van der Waals surface area contributed by atoms with Gasteiger partial charge in [-0.25, -0.2) is 18.5 Å². The van der Waals surface area contributed by atoms with E-state index in [-0.39, 0.29) is 29.6 Å². The van der Waals surface area contributed by atoms with Gasteiger partial charge in [0.15, 0.2) is 0 Å². The highest BCUT2D eigenvalue weighted by molar-refractivity contribution is 6.34. The summed E-state index contributed by atoms with van der Waals surface area (Å²) in [4.78, 5) is 30.3. The topological polar surface area (TPSA) is 137 Å². The molecule has 180 valence electrons. The molecule has 3 heterocycles. The number of aryl methyl sites for hydroxylation is 1. The summed E-state index contributed by atoms with van der Waals surface area (Å²) in [5.41, 5.74) is 0.0916. The Bertz CT molecular complexity index is 1770. The number of nitrogens with zero attached hydrogens (tertiary/aromatic N) is 7. The smallest absolute Gasteiger partial charge is 0.355 e. The normalized spacial score (nSPS) is 11.1. The van der Waals surface area contributed by atoms with Gasteiger partial charge >= 0.3 is 11.4 Å². The van der Waals surface area contributed by atoms with E-state index in [0.29, 0.717) is 22.5 Å². The number of nitriles is 1. The molecule has 13 heteroatoms. The van der Waals surface area contributed by atoms with E-state index in [9.17, 15) is 14.0 Å². The standard InChI is InChI=1S/C23H16ClFN8O3/c1-31-11-15-7-20(17(24)8-19(15)29-31)27-21-28-22(34)33(12-16-4-5-36-30-16)23(35)32(21)10-13-2-3-14(9-26)18(25)6-13/h2-8,11H,10,12H2,1H3,(H,27,28,34). The molecule has 11 nitrogen and oxygen atoms in total. The Labute approximate surface area is 206 Å². The third-order valence-corrected chi connectivity index (χ3v) is 5.72. The lowest BCUT2D eigenvalue weighted by atomic mass is 10.1.